The molecule has 2 aromatic carbocycles. The third-order valence-corrected chi connectivity index (χ3v) is 7.86. The second kappa shape index (κ2) is 13.0. The zero-order valence-electron chi connectivity index (χ0n) is 23.2. The SMILES string of the molecule is CC(C)(CCn1ccc2cc(C(=O)NCc3nnco3)nnc21)NCC(O)c1cccc(NS(=O)c2ccccc2)c1. The Labute approximate surface area is 245 Å². The number of carbonyl (C=O) groups is 1. The molecule has 2 unspecified atom stereocenters. The van der Waals surface area contributed by atoms with Gasteiger partial charge in [0, 0.05) is 35.9 Å². The number of aromatic nitrogens is 5. The highest BCUT2D eigenvalue weighted by Crippen LogP contribution is 2.21. The Morgan fingerprint density at radius 3 is 2.69 bits per heavy atom. The first-order valence-corrected chi connectivity index (χ1v) is 14.5. The van der Waals surface area contributed by atoms with E-state index in [4.69, 9.17) is 4.42 Å². The van der Waals surface area contributed by atoms with Crippen molar-refractivity contribution in [2.24, 2.45) is 0 Å². The molecule has 0 aliphatic heterocycles. The number of anilines is 1. The number of amides is 1. The van der Waals surface area contributed by atoms with Crippen molar-refractivity contribution in [2.75, 3.05) is 11.3 Å². The van der Waals surface area contributed by atoms with Crippen molar-refractivity contribution in [3.63, 3.8) is 0 Å². The molecule has 1 amide bonds. The van der Waals surface area contributed by atoms with E-state index in [1.807, 2.05) is 59.3 Å². The molecule has 5 rings (SSSR count). The topological polar surface area (TPSA) is 160 Å². The second-order valence-electron chi connectivity index (χ2n) is 10.4. The molecule has 3 aromatic heterocycles. The molecule has 13 heteroatoms. The van der Waals surface area contributed by atoms with Crippen LogP contribution in [0.3, 0.4) is 0 Å². The van der Waals surface area contributed by atoms with Gasteiger partial charge in [0.15, 0.2) is 11.3 Å². The van der Waals surface area contributed by atoms with Crippen molar-refractivity contribution in [3.8, 4) is 0 Å². The summed E-state index contributed by atoms with van der Waals surface area (Å²) in [5.41, 5.74) is 1.96. The van der Waals surface area contributed by atoms with Crippen molar-refractivity contribution in [1.29, 1.82) is 0 Å². The number of aryl methyl sites for hydroxylation is 1. The van der Waals surface area contributed by atoms with Crippen LogP contribution < -0.4 is 15.4 Å². The van der Waals surface area contributed by atoms with Gasteiger partial charge in [-0.15, -0.1) is 20.4 Å². The summed E-state index contributed by atoms with van der Waals surface area (Å²) in [7, 11) is -1.40. The molecular weight excluding hydrogens is 556 g/mol. The molecule has 0 fully saturated rings. The average molecular weight is 589 g/mol. The van der Waals surface area contributed by atoms with Crippen LogP contribution in [0.4, 0.5) is 5.69 Å². The molecule has 0 spiro atoms. The minimum Gasteiger partial charge on any atom is -0.426 e. The third kappa shape index (κ3) is 7.43. The van der Waals surface area contributed by atoms with Crippen LogP contribution in [-0.4, -0.2) is 52.3 Å². The van der Waals surface area contributed by atoms with E-state index >= 15 is 0 Å². The lowest BCUT2D eigenvalue weighted by molar-refractivity contribution is 0.0941. The molecule has 0 aliphatic carbocycles. The van der Waals surface area contributed by atoms with Gasteiger partial charge in [0.2, 0.25) is 12.3 Å². The number of nitrogens with one attached hydrogen (secondary N) is 3. The maximum absolute atomic E-state index is 12.6. The third-order valence-electron chi connectivity index (χ3n) is 6.74. The molecule has 4 N–H and O–H groups in total. The Kier molecular flexibility index (Phi) is 9.00. The van der Waals surface area contributed by atoms with E-state index in [9.17, 15) is 14.1 Å². The molecule has 5 aromatic rings. The van der Waals surface area contributed by atoms with Gasteiger partial charge < -0.3 is 29.4 Å². The quantitative estimate of drug-likeness (QED) is 0.162. The zero-order chi connectivity index (χ0) is 29.5. The van der Waals surface area contributed by atoms with Crippen molar-refractivity contribution in [2.45, 2.75) is 49.9 Å². The van der Waals surface area contributed by atoms with E-state index in [1.165, 1.54) is 6.39 Å². The Morgan fingerprint density at radius 1 is 1.07 bits per heavy atom. The van der Waals surface area contributed by atoms with Gasteiger partial charge in [0.05, 0.1) is 17.5 Å². The summed E-state index contributed by atoms with van der Waals surface area (Å²) in [6.07, 6.45) is 3.11. The second-order valence-corrected chi connectivity index (χ2v) is 11.6. The summed E-state index contributed by atoms with van der Waals surface area (Å²) in [5, 5.41) is 33.5. The smallest absolute Gasteiger partial charge is 0.272 e. The highest BCUT2D eigenvalue weighted by molar-refractivity contribution is 7.86. The number of rotatable bonds is 13. The maximum atomic E-state index is 12.6. The van der Waals surface area contributed by atoms with Crippen molar-refractivity contribution in [3.05, 3.63) is 96.5 Å². The van der Waals surface area contributed by atoms with Gasteiger partial charge in [-0.05, 0) is 62.2 Å². The molecule has 3 heterocycles. The van der Waals surface area contributed by atoms with Crippen LogP contribution in [0, 0.1) is 0 Å². The molecule has 12 nitrogen and oxygen atoms in total. The Hall–Kier alpha value is -4.46. The van der Waals surface area contributed by atoms with E-state index in [0.717, 1.165) is 17.4 Å². The summed E-state index contributed by atoms with van der Waals surface area (Å²) in [4.78, 5) is 13.1. The summed E-state index contributed by atoms with van der Waals surface area (Å²) >= 11 is 0. The van der Waals surface area contributed by atoms with E-state index in [1.54, 1.807) is 18.2 Å². The van der Waals surface area contributed by atoms with Gasteiger partial charge in [-0.25, -0.2) is 4.21 Å². The summed E-state index contributed by atoms with van der Waals surface area (Å²) in [6, 6.07) is 20.1. The van der Waals surface area contributed by atoms with Crippen molar-refractivity contribution in [1.82, 2.24) is 35.6 Å². The lowest BCUT2D eigenvalue weighted by Gasteiger charge is -2.28. The highest BCUT2D eigenvalue weighted by Gasteiger charge is 2.20. The molecule has 0 saturated carbocycles. The number of benzene rings is 2. The number of aliphatic hydroxyl groups is 1. The number of hydrogen-bond acceptors (Lipinski definition) is 9. The first-order chi connectivity index (χ1) is 20.3. The molecule has 2 atom stereocenters. The van der Waals surface area contributed by atoms with Gasteiger partial charge in [0.25, 0.3) is 5.91 Å². The first kappa shape index (κ1) is 29.0. The molecule has 218 valence electrons. The number of fused-ring (bicyclic) bond motifs is 1. The molecule has 42 heavy (non-hydrogen) atoms. The van der Waals surface area contributed by atoms with Gasteiger partial charge in [0.1, 0.15) is 11.0 Å². The predicted molar refractivity (Wildman–Crippen MR) is 158 cm³/mol. The molecule has 0 bridgehead atoms. The zero-order valence-corrected chi connectivity index (χ0v) is 24.0. The van der Waals surface area contributed by atoms with Gasteiger partial charge >= 0.3 is 0 Å². The normalized spacial score (nSPS) is 13.1. The fraction of sp³-hybridized carbons (Fsp3) is 0.276. The number of hydrogen-bond donors (Lipinski definition) is 4. The number of carbonyl (C=O) groups excluding carboxylic acids is 1. The summed E-state index contributed by atoms with van der Waals surface area (Å²) in [6.45, 7) is 5.25. The van der Waals surface area contributed by atoms with Crippen molar-refractivity contribution < 1.29 is 18.5 Å². The highest BCUT2D eigenvalue weighted by atomic mass is 32.2. The van der Waals surface area contributed by atoms with E-state index in [2.05, 4.69) is 49.6 Å². The van der Waals surface area contributed by atoms with Crippen LogP contribution in [0.1, 0.15) is 48.3 Å². The van der Waals surface area contributed by atoms with Crippen LogP contribution >= 0.6 is 0 Å². The fourth-order valence-electron chi connectivity index (χ4n) is 4.30. The van der Waals surface area contributed by atoms with Crippen molar-refractivity contribution >= 4 is 33.6 Å². The molecule has 0 radical (unpaired) electrons. The van der Waals surface area contributed by atoms with Crippen LogP contribution in [0.25, 0.3) is 11.0 Å². The van der Waals surface area contributed by atoms with Gasteiger partial charge in [-0.1, -0.05) is 30.3 Å². The lowest BCUT2D eigenvalue weighted by atomic mass is 9.99. The fourth-order valence-corrected chi connectivity index (χ4v) is 5.16. The van der Waals surface area contributed by atoms with Crippen LogP contribution in [0.15, 0.2) is 88.6 Å². The van der Waals surface area contributed by atoms with E-state index < -0.39 is 17.1 Å². The number of nitrogens with zero attached hydrogens (tertiary/aromatic N) is 5. The number of aliphatic hydroxyl groups excluding tert-OH is 1. The first-order valence-electron chi connectivity index (χ1n) is 13.4. The standard InChI is InChI=1S/C29H32N8O4S/c1-29(2,31-17-25(38)20-7-6-8-22(15-20)36-42(40)23-9-4-3-5-10-23)12-14-37-13-11-21-16-24(33-35-27(21)37)28(39)30-18-26-34-32-19-41-26/h3-11,13,15-16,19,25,31,36,38H,12,14,17-18H2,1-2H3,(H,30,39). The molecule has 0 aliphatic rings. The van der Waals surface area contributed by atoms with E-state index in [-0.39, 0.29) is 23.7 Å². The number of β-amino-alcohol motifs (C(OH)–C–C–N with tert-alkyl or cyclic N) is 1. The van der Waals surface area contributed by atoms with Gasteiger partial charge in [-0.2, -0.15) is 0 Å². The van der Waals surface area contributed by atoms with Crippen LogP contribution in [-0.2, 0) is 24.1 Å². The average Bonchev–Trinajstić information content (AvgIpc) is 3.68. The van der Waals surface area contributed by atoms with Crippen LogP contribution in [0.2, 0.25) is 0 Å². The Morgan fingerprint density at radius 2 is 1.90 bits per heavy atom. The van der Waals surface area contributed by atoms with E-state index in [0.29, 0.717) is 35.2 Å². The van der Waals surface area contributed by atoms with Crippen LogP contribution in [0.5, 0.6) is 0 Å². The summed E-state index contributed by atoms with van der Waals surface area (Å²) < 4.78 is 22.6. The maximum Gasteiger partial charge on any atom is 0.272 e. The largest absolute Gasteiger partial charge is 0.426 e. The Bertz CT molecular complexity index is 1660. The predicted octanol–water partition coefficient (Wildman–Crippen LogP) is 3.37. The minimum absolute atomic E-state index is 0.105. The monoisotopic (exact) mass is 588 g/mol. The minimum atomic E-state index is -1.40. The summed E-state index contributed by atoms with van der Waals surface area (Å²) in [5.74, 6) is -0.0839. The molecule has 0 saturated heterocycles. The Balaban J connectivity index is 1.13. The lowest BCUT2D eigenvalue weighted by Crippen LogP contribution is -2.42. The van der Waals surface area contributed by atoms with Gasteiger partial charge in [-0.3, -0.25) is 4.79 Å². The molecular formula is C29H32N8O4S.